The molecule has 0 amide bonds. The summed E-state index contributed by atoms with van der Waals surface area (Å²) in [7, 11) is 6.33. The smallest absolute Gasteiger partial charge is 0.200 e. The van der Waals surface area contributed by atoms with Crippen molar-refractivity contribution in [3.05, 3.63) is 64.0 Å². The van der Waals surface area contributed by atoms with Crippen LogP contribution in [-0.2, 0) is 0 Å². The van der Waals surface area contributed by atoms with Gasteiger partial charge in [0.05, 0.1) is 17.6 Å². The van der Waals surface area contributed by atoms with E-state index >= 15 is 0 Å². The summed E-state index contributed by atoms with van der Waals surface area (Å²) in [6, 6.07) is 12.5. The molecule has 1 heterocycles. The van der Waals surface area contributed by atoms with Crippen molar-refractivity contribution >= 4 is 47.4 Å². The first-order valence-electron chi connectivity index (χ1n) is 10.2. The van der Waals surface area contributed by atoms with Crippen molar-refractivity contribution in [1.29, 1.82) is 0 Å². The van der Waals surface area contributed by atoms with Gasteiger partial charge in [-0.05, 0) is 70.4 Å². The lowest BCUT2D eigenvalue weighted by molar-refractivity contribution is 0.259. The van der Waals surface area contributed by atoms with Crippen LogP contribution in [0.1, 0.15) is 12.8 Å². The van der Waals surface area contributed by atoms with E-state index in [0.717, 1.165) is 38.0 Å². The third-order valence-corrected chi connectivity index (χ3v) is 5.29. The molecule has 0 aliphatic heterocycles. The number of hydrogen-bond acceptors (Lipinski definition) is 5. The number of hydrogen-bond donors (Lipinski definition) is 0. The van der Waals surface area contributed by atoms with Crippen LogP contribution in [0.2, 0.25) is 5.02 Å². The van der Waals surface area contributed by atoms with Crippen LogP contribution in [-0.4, -0.2) is 57.2 Å². The van der Waals surface area contributed by atoms with Gasteiger partial charge >= 0.3 is 0 Å². The molecule has 32 heavy (non-hydrogen) atoms. The van der Waals surface area contributed by atoms with Gasteiger partial charge in [-0.15, -0.1) is 24.8 Å². The minimum Gasteiger partial charge on any atom is -0.493 e. The molecule has 0 aliphatic carbocycles. The molecule has 0 spiro atoms. The van der Waals surface area contributed by atoms with Crippen molar-refractivity contribution < 1.29 is 9.15 Å². The average Bonchev–Trinajstić information content (AvgIpc) is 2.73. The van der Waals surface area contributed by atoms with E-state index in [1.165, 1.54) is 6.26 Å². The molecule has 0 aliphatic rings. The number of halogens is 3. The second-order valence-corrected chi connectivity index (χ2v) is 8.24. The minimum atomic E-state index is -0.0640. The number of rotatable bonds is 10. The fourth-order valence-corrected chi connectivity index (χ4v) is 3.31. The zero-order valence-electron chi connectivity index (χ0n) is 18.7. The number of unbranched alkanes of at least 4 members (excludes halogenated alkanes) is 1. The van der Waals surface area contributed by atoms with Gasteiger partial charge in [0.25, 0.3) is 0 Å². The molecule has 8 heteroatoms. The molecule has 1 aromatic heterocycles. The van der Waals surface area contributed by atoms with Crippen LogP contribution in [0.3, 0.4) is 0 Å². The Morgan fingerprint density at radius 3 is 2.34 bits per heavy atom. The third kappa shape index (κ3) is 7.98. The van der Waals surface area contributed by atoms with Gasteiger partial charge in [-0.2, -0.15) is 0 Å². The van der Waals surface area contributed by atoms with Crippen molar-refractivity contribution in [3.8, 4) is 16.9 Å². The van der Waals surface area contributed by atoms with Crippen LogP contribution < -0.4 is 10.2 Å². The monoisotopic (exact) mass is 500 g/mol. The third-order valence-electron chi connectivity index (χ3n) is 5.03. The van der Waals surface area contributed by atoms with Gasteiger partial charge in [-0.25, -0.2) is 0 Å². The van der Waals surface area contributed by atoms with Gasteiger partial charge in [0.2, 0.25) is 0 Å². The molecular weight excluding hydrogens is 471 g/mol. The second-order valence-electron chi connectivity index (χ2n) is 7.81. The van der Waals surface area contributed by atoms with Gasteiger partial charge in [0.15, 0.2) is 5.43 Å². The van der Waals surface area contributed by atoms with Crippen LogP contribution >= 0.6 is 36.4 Å². The van der Waals surface area contributed by atoms with Crippen LogP contribution in [0.15, 0.2) is 57.9 Å². The molecule has 0 saturated carbocycles. The summed E-state index contributed by atoms with van der Waals surface area (Å²) in [6.45, 7) is 3.82. The number of likely N-dealkylation sites (N-methyl/N-ethyl adjacent to an activating group) is 2. The maximum Gasteiger partial charge on any atom is 0.200 e. The van der Waals surface area contributed by atoms with Gasteiger partial charge in [-0.1, -0.05) is 23.7 Å². The topological polar surface area (TPSA) is 45.9 Å². The first-order valence-corrected chi connectivity index (χ1v) is 10.6. The molecule has 0 bridgehead atoms. The zero-order valence-corrected chi connectivity index (χ0v) is 21.1. The lowest BCUT2D eigenvalue weighted by Crippen LogP contribution is -2.29. The Morgan fingerprint density at radius 2 is 1.66 bits per heavy atom. The normalized spacial score (nSPS) is 10.8. The Bertz CT molecular complexity index is 1020. The van der Waals surface area contributed by atoms with E-state index in [2.05, 4.69) is 30.9 Å². The van der Waals surface area contributed by atoms with Crippen LogP contribution in [0.25, 0.3) is 22.1 Å². The van der Waals surface area contributed by atoms with Crippen molar-refractivity contribution in [1.82, 2.24) is 9.80 Å². The Labute approximate surface area is 207 Å². The summed E-state index contributed by atoms with van der Waals surface area (Å²) in [5, 5.41) is 1.17. The molecular formula is C24H31Cl3N2O3. The van der Waals surface area contributed by atoms with Gasteiger partial charge in [0, 0.05) is 24.2 Å². The standard InChI is InChI=1S/C24H29ClN2O3.2ClH/c1-26(2)13-14-27(3)12-4-5-15-29-20-10-11-21-23(16-20)30-17-22(24(21)28)18-6-8-19(25)9-7-18;;/h6-11,16-17H,4-5,12-15H2,1-3H3;2*1H. The Morgan fingerprint density at radius 1 is 0.938 bits per heavy atom. The summed E-state index contributed by atoms with van der Waals surface area (Å²) in [5.74, 6) is 0.714. The van der Waals surface area contributed by atoms with Crippen molar-refractivity contribution in [3.63, 3.8) is 0 Å². The van der Waals surface area contributed by atoms with Gasteiger partial charge in [-0.3, -0.25) is 4.79 Å². The van der Waals surface area contributed by atoms with Gasteiger partial charge in [0.1, 0.15) is 17.6 Å². The predicted octanol–water partition coefficient (Wildman–Crippen LogP) is 5.61. The SMILES string of the molecule is CN(C)CCN(C)CCCCOc1ccc2c(=O)c(-c3ccc(Cl)cc3)coc2c1.Cl.Cl. The first-order chi connectivity index (χ1) is 14.4. The summed E-state index contributed by atoms with van der Waals surface area (Å²) >= 11 is 5.93. The summed E-state index contributed by atoms with van der Waals surface area (Å²) in [4.78, 5) is 17.4. The number of fused-ring (bicyclic) bond motifs is 1. The highest BCUT2D eigenvalue weighted by Gasteiger charge is 2.10. The molecule has 0 saturated heterocycles. The molecule has 0 unspecified atom stereocenters. The van der Waals surface area contributed by atoms with Crippen LogP contribution in [0, 0.1) is 0 Å². The van der Waals surface area contributed by atoms with E-state index in [1.54, 1.807) is 24.3 Å². The Kier molecular flexibility index (Phi) is 12.1. The summed E-state index contributed by atoms with van der Waals surface area (Å²) < 4.78 is 11.6. The molecule has 0 radical (unpaired) electrons. The largest absolute Gasteiger partial charge is 0.493 e. The minimum absolute atomic E-state index is 0. The fraction of sp³-hybridized carbons (Fsp3) is 0.375. The lowest BCUT2D eigenvalue weighted by atomic mass is 10.1. The van der Waals surface area contributed by atoms with Crippen LogP contribution in [0.4, 0.5) is 0 Å². The Hall–Kier alpha value is -1.76. The van der Waals surface area contributed by atoms with E-state index in [1.807, 2.05) is 18.2 Å². The van der Waals surface area contributed by atoms with Crippen molar-refractivity contribution in [2.45, 2.75) is 12.8 Å². The first kappa shape index (κ1) is 28.3. The van der Waals surface area contributed by atoms with E-state index in [9.17, 15) is 4.79 Å². The Balaban J connectivity index is 0.00000256. The van der Waals surface area contributed by atoms with Crippen molar-refractivity contribution in [2.24, 2.45) is 0 Å². The number of ether oxygens (including phenoxy) is 1. The summed E-state index contributed by atoms with van der Waals surface area (Å²) in [6.07, 6.45) is 3.56. The lowest BCUT2D eigenvalue weighted by Gasteiger charge is -2.19. The maximum absolute atomic E-state index is 12.8. The molecule has 2 aromatic carbocycles. The highest BCUT2D eigenvalue weighted by Crippen LogP contribution is 2.24. The molecule has 0 fully saturated rings. The molecule has 0 atom stereocenters. The van der Waals surface area contributed by atoms with E-state index in [-0.39, 0.29) is 30.2 Å². The second kappa shape index (κ2) is 13.7. The molecule has 3 rings (SSSR count). The van der Waals surface area contributed by atoms with E-state index in [0.29, 0.717) is 33.9 Å². The quantitative estimate of drug-likeness (QED) is 0.338. The summed E-state index contributed by atoms with van der Waals surface area (Å²) in [5.41, 5.74) is 1.77. The van der Waals surface area contributed by atoms with Crippen molar-refractivity contribution in [2.75, 3.05) is 47.4 Å². The highest BCUT2D eigenvalue weighted by molar-refractivity contribution is 6.30. The van der Waals surface area contributed by atoms with Gasteiger partial charge < -0.3 is 19.0 Å². The highest BCUT2D eigenvalue weighted by atomic mass is 35.5. The van der Waals surface area contributed by atoms with E-state index in [4.69, 9.17) is 20.8 Å². The zero-order chi connectivity index (χ0) is 21.5. The van der Waals surface area contributed by atoms with Crippen LogP contribution in [0.5, 0.6) is 5.75 Å². The average molecular weight is 502 g/mol. The fourth-order valence-electron chi connectivity index (χ4n) is 3.18. The molecule has 3 aromatic rings. The van der Waals surface area contributed by atoms with E-state index < -0.39 is 0 Å². The molecule has 176 valence electrons. The number of benzene rings is 2. The molecule has 0 N–H and O–H groups in total. The number of nitrogens with zero attached hydrogens (tertiary/aromatic N) is 2. The molecule has 5 nitrogen and oxygen atoms in total. The predicted molar refractivity (Wildman–Crippen MR) is 138 cm³/mol. The maximum atomic E-state index is 12.8.